The van der Waals surface area contributed by atoms with E-state index in [0.29, 0.717) is 6.54 Å². The van der Waals surface area contributed by atoms with Crippen LogP contribution in [0.15, 0.2) is 23.7 Å². The molecule has 2 aliphatic rings. The van der Waals surface area contributed by atoms with Gasteiger partial charge < -0.3 is 9.64 Å². The zero-order chi connectivity index (χ0) is 12.4. The molecule has 0 aromatic rings. The number of amides is 1. The summed E-state index contributed by atoms with van der Waals surface area (Å²) in [5.74, 6) is 0.0516. The first kappa shape index (κ1) is 11.7. The van der Waals surface area contributed by atoms with Crippen LogP contribution in [-0.2, 0) is 14.3 Å². The molecule has 0 aromatic carbocycles. The molecule has 0 fully saturated rings. The molecule has 5 nitrogen and oxygen atoms in total. The third kappa shape index (κ3) is 2.05. The molecule has 0 bridgehead atoms. The van der Waals surface area contributed by atoms with Gasteiger partial charge in [0.2, 0.25) is 0 Å². The highest BCUT2D eigenvalue weighted by Gasteiger charge is 2.34. The highest BCUT2D eigenvalue weighted by atomic mass is 16.5. The summed E-state index contributed by atoms with van der Waals surface area (Å²) >= 11 is 0. The fourth-order valence-corrected chi connectivity index (χ4v) is 2.05. The maximum Gasteiger partial charge on any atom is 0.345 e. The van der Waals surface area contributed by atoms with Crippen molar-refractivity contribution >= 4 is 11.9 Å². The summed E-state index contributed by atoms with van der Waals surface area (Å²) in [5.41, 5.74) is 0.105. The Labute approximate surface area is 100 Å². The second kappa shape index (κ2) is 4.61. The Balaban J connectivity index is 2.30. The molecule has 92 valence electrons. The van der Waals surface area contributed by atoms with Gasteiger partial charge in [0.05, 0.1) is 6.61 Å². The van der Waals surface area contributed by atoms with Crippen LogP contribution in [0.2, 0.25) is 0 Å². The van der Waals surface area contributed by atoms with Crippen LogP contribution < -0.4 is 0 Å². The van der Waals surface area contributed by atoms with E-state index in [0.717, 1.165) is 18.7 Å². The molecule has 1 amide bonds. The molecule has 0 aliphatic carbocycles. The van der Waals surface area contributed by atoms with Gasteiger partial charge in [-0.3, -0.25) is 9.69 Å². The SMILES string of the molecule is CCOC(=O)C1=CN(C)C2=CCCCN2C1=O. The monoisotopic (exact) mass is 236 g/mol. The van der Waals surface area contributed by atoms with Crippen LogP contribution in [-0.4, -0.2) is 41.9 Å². The quantitative estimate of drug-likeness (QED) is 0.526. The van der Waals surface area contributed by atoms with Crippen LogP contribution >= 0.6 is 0 Å². The summed E-state index contributed by atoms with van der Waals surface area (Å²) < 4.78 is 4.88. The summed E-state index contributed by atoms with van der Waals surface area (Å²) in [6, 6.07) is 0. The predicted octanol–water partition coefficient (Wildman–Crippen LogP) is 0.843. The van der Waals surface area contributed by atoms with E-state index in [4.69, 9.17) is 4.74 Å². The lowest BCUT2D eigenvalue weighted by atomic mass is 10.1. The van der Waals surface area contributed by atoms with Crippen LogP contribution in [0, 0.1) is 0 Å². The van der Waals surface area contributed by atoms with Crippen LogP contribution in [0.25, 0.3) is 0 Å². The Morgan fingerprint density at radius 3 is 3.00 bits per heavy atom. The number of ether oxygens (including phenoxy) is 1. The van der Waals surface area contributed by atoms with Crippen molar-refractivity contribution < 1.29 is 14.3 Å². The number of hydrogen-bond donors (Lipinski definition) is 0. The van der Waals surface area contributed by atoms with Gasteiger partial charge in [-0.25, -0.2) is 4.79 Å². The molecule has 17 heavy (non-hydrogen) atoms. The van der Waals surface area contributed by atoms with Crippen LogP contribution in [0.1, 0.15) is 19.8 Å². The van der Waals surface area contributed by atoms with Crippen molar-refractivity contribution in [2.24, 2.45) is 0 Å². The molecular weight excluding hydrogens is 220 g/mol. The number of fused-ring (bicyclic) bond motifs is 1. The van der Waals surface area contributed by atoms with Gasteiger partial charge in [0, 0.05) is 19.8 Å². The maximum absolute atomic E-state index is 12.1. The predicted molar refractivity (Wildman–Crippen MR) is 61.5 cm³/mol. The molecular formula is C12H16N2O3. The van der Waals surface area contributed by atoms with Crippen molar-refractivity contribution in [2.45, 2.75) is 19.8 Å². The lowest BCUT2D eigenvalue weighted by molar-refractivity contribution is -0.142. The maximum atomic E-state index is 12.1. The first-order valence-electron chi connectivity index (χ1n) is 5.79. The van der Waals surface area contributed by atoms with E-state index in [-0.39, 0.29) is 18.1 Å². The Morgan fingerprint density at radius 1 is 1.53 bits per heavy atom. The molecule has 0 saturated heterocycles. The zero-order valence-corrected chi connectivity index (χ0v) is 10.1. The molecule has 0 atom stereocenters. The lowest BCUT2D eigenvalue weighted by Gasteiger charge is -2.37. The first-order valence-corrected chi connectivity index (χ1v) is 5.79. The van der Waals surface area contributed by atoms with E-state index in [9.17, 15) is 9.59 Å². The lowest BCUT2D eigenvalue weighted by Crippen LogP contribution is -2.44. The second-order valence-corrected chi connectivity index (χ2v) is 4.04. The standard InChI is InChI=1S/C12H16N2O3/c1-3-17-12(16)9-8-13(2)10-6-4-5-7-14(10)11(9)15/h6,8H,3-5,7H2,1-2H3. The molecule has 0 spiro atoms. The summed E-state index contributed by atoms with van der Waals surface area (Å²) in [6.07, 6.45) is 5.46. The van der Waals surface area contributed by atoms with Crippen LogP contribution in [0.3, 0.4) is 0 Å². The van der Waals surface area contributed by atoms with Gasteiger partial charge in [-0.15, -0.1) is 0 Å². The first-order chi connectivity index (χ1) is 8.15. The summed E-state index contributed by atoms with van der Waals surface area (Å²) in [7, 11) is 1.83. The van der Waals surface area contributed by atoms with E-state index < -0.39 is 5.97 Å². The molecule has 0 unspecified atom stereocenters. The fourth-order valence-electron chi connectivity index (χ4n) is 2.05. The van der Waals surface area contributed by atoms with E-state index in [1.54, 1.807) is 22.9 Å². The van der Waals surface area contributed by atoms with Gasteiger partial charge in [-0.2, -0.15) is 0 Å². The number of allylic oxidation sites excluding steroid dienone is 1. The average molecular weight is 236 g/mol. The van der Waals surface area contributed by atoms with Crippen molar-refractivity contribution in [1.82, 2.24) is 9.80 Å². The molecule has 0 saturated carbocycles. The van der Waals surface area contributed by atoms with Crippen molar-refractivity contribution in [1.29, 1.82) is 0 Å². The number of carbonyl (C=O) groups excluding carboxylic acids is 2. The van der Waals surface area contributed by atoms with Crippen molar-refractivity contribution in [3.05, 3.63) is 23.7 Å². The van der Waals surface area contributed by atoms with Gasteiger partial charge in [0.25, 0.3) is 5.91 Å². The van der Waals surface area contributed by atoms with Gasteiger partial charge in [-0.1, -0.05) is 0 Å². The molecule has 2 aliphatic heterocycles. The Bertz CT molecular complexity index is 412. The highest BCUT2D eigenvalue weighted by molar-refractivity contribution is 6.17. The zero-order valence-electron chi connectivity index (χ0n) is 10.1. The Hall–Kier alpha value is -1.78. The molecule has 0 aromatic heterocycles. The van der Waals surface area contributed by atoms with Crippen molar-refractivity contribution in [3.63, 3.8) is 0 Å². The number of rotatable bonds is 2. The van der Waals surface area contributed by atoms with Crippen LogP contribution in [0.4, 0.5) is 0 Å². The largest absolute Gasteiger partial charge is 0.462 e. The van der Waals surface area contributed by atoms with E-state index in [2.05, 4.69) is 0 Å². The molecule has 5 heteroatoms. The molecule has 0 N–H and O–H groups in total. The smallest absolute Gasteiger partial charge is 0.345 e. The normalized spacial score (nSPS) is 19.5. The number of carbonyl (C=O) groups is 2. The third-order valence-corrected chi connectivity index (χ3v) is 2.84. The van der Waals surface area contributed by atoms with Crippen molar-refractivity contribution in [2.75, 3.05) is 20.2 Å². The van der Waals surface area contributed by atoms with Crippen molar-refractivity contribution in [3.8, 4) is 0 Å². The molecule has 2 rings (SSSR count). The topological polar surface area (TPSA) is 49.9 Å². The number of hydrogen-bond acceptors (Lipinski definition) is 4. The average Bonchev–Trinajstić information content (AvgIpc) is 2.34. The highest BCUT2D eigenvalue weighted by Crippen LogP contribution is 2.25. The number of nitrogens with zero attached hydrogens (tertiary/aromatic N) is 2. The Kier molecular flexibility index (Phi) is 3.17. The molecule has 0 radical (unpaired) electrons. The van der Waals surface area contributed by atoms with E-state index in [1.165, 1.54) is 0 Å². The van der Waals surface area contributed by atoms with Crippen LogP contribution in [0.5, 0.6) is 0 Å². The minimum Gasteiger partial charge on any atom is -0.462 e. The van der Waals surface area contributed by atoms with E-state index >= 15 is 0 Å². The second-order valence-electron chi connectivity index (χ2n) is 4.04. The Morgan fingerprint density at radius 2 is 2.29 bits per heavy atom. The van der Waals surface area contributed by atoms with Gasteiger partial charge in [0.1, 0.15) is 11.4 Å². The summed E-state index contributed by atoms with van der Waals surface area (Å²) in [5, 5.41) is 0. The van der Waals surface area contributed by atoms with E-state index in [1.807, 2.05) is 13.1 Å². The summed E-state index contributed by atoms with van der Waals surface area (Å²) in [4.78, 5) is 27.2. The van der Waals surface area contributed by atoms with Gasteiger partial charge >= 0.3 is 5.97 Å². The summed E-state index contributed by atoms with van der Waals surface area (Å²) in [6.45, 7) is 2.66. The minimum atomic E-state index is -0.547. The minimum absolute atomic E-state index is 0.105. The van der Waals surface area contributed by atoms with Gasteiger partial charge in [0.15, 0.2) is 0 Å². The molecule has 2 heterocycles. The number of esters is 1. The van der Waals surface area contributed by atoms with Gasteiger partial charge in [-0.05, 0) is 25.8 Å². The third-order valence-electron chi connectivity index (χ3n) is 2.84. The fraction of sp³-hybridized carbons (Fsp3) is 0.500.